The number of rotatable bonds is 1. The van der Waals surface area contributed by atoms with E-state index in [1.165, 1.54) is 24.8 Å². The van der Waals surface area contributed by atoms with Crippen LogP contribution in [0.4, 0.5) is 0 Å². The summed E-state index contributed by atoms with van der Waals surface area (Å²) in [6.07, 6.45) is 8.74. The lowest BCUT2D eigenvalue weighted by molar-refractivity contribution is 0.417. The average Bonchev–Trinajstić information content (AvgIpc) is 2.92. The fourth-order valence-electron chi connectivity index (χ4n) is 2.64. The Kier molecular flexibility index (Phi) is 3.45. The number of nitrogens with two attached hydrogens (primary N) is 1. The van der Waals surface area contributed by atoms with Crippen LogP contribution < -0.4 is 5.73 Å². The third-order valence-corrected chi connectivity index (χ3v) is 3.75. The molecule has 3 rings (SSSR count). The normalized spacial score (nSPS) is 30.0. The van der Waals surface area contributed by atoms with Crippen LogP contribution in [0.25, 0.3) is 0 Å². The highest BCUT2D eigenvalue weighted by Crippen LogP contribution is 2.48. The monoisotopic (exact) mass is 215 g/mol. The highest BCUT2D eigenvalue weighted by Gasteiger charge is 2.39. The fourth-order valence-corrected chi connectivity index (χ4v) is 2.64. The van der Waals surface area contributed by atoms with Crippen molar-refractivity contribution >= 4 is 0 Å². The second-order valence-corrected chi connectivity index (χ2v) is 5.08. The number of hydrogen-bond donors (Lipinski definition) is 1. The summed E-state index contributed by atoms with van der Waals surface area (Å²) in [7, 11) is 0. The van der Waals surface area contributed by atoms with E-state index >= 15 is 0 Å². The largest absolute Gasteiger partial charge is 0.330 e. The molecule has 86 valence electrons. The molecule has 0 radical (unpaired) electrons. The van der Waals surface area contributed by atoms with Crippen LogP contribution in [0.1, 0.15) is 24.8 Å². The van der Waals surface area contributed by atoms with Gasteiger partial charge in [0.1, 0.15) is 0 Å². The first-order valence-corrected chi connectivity index (χ1v) is 6.15. The van der Waals surface area contributed by atoms with E-state index in [1.807, 2.05) is 18.2 Å². The molecule has 1 nitrogen and oxygen atoms in total. The third kappa shape index (κ3) is 2.53. The number of hydrogen-bond acceptors (Lipinski definition) is 1. The van der Waals surface area contributed by atoms with Crippen LogP contribution in [0.15, 0.2) is 42.5 Å². The predicted octanol–water partition coefficient (Wildman–Crippen LogP) is 3.30. The summed E-state index contributed by atoms with van der Waals surface area (Å²) < 4.78 is 0. The van der Waals surface area contributed by atoms with Gasteiger partial charge in [0, 0.05) is 12.0 Å². The van der Waals surface area contributed by atoms with Gasteiger partial charge >= 0.3 is 0 Å². The van der Waals surface area contributed by atoms with Gasteiger partial charge in [-0.15, -0.1) is 0 Å². The molecule has 1 aromatic carbocycles. The van der Waals surface area contributed by atoms with E-state index < -0.39 is 0 Å². The average molecular weight is 215 g/mol. The molecule has 2 bridgehead atoms. The van der Waals surface area contributed by atoms with Crippen molar-refractivity contribution in [3.8, 4) is 0 Å². The molecule has 2 N–H and O–H groups in total. The van der Waals surface area contributed by atoms with Crippen LogP contribution in [0.2, 0.25) is 0 Å². The summed E-state index contributed by atoms with van der Waals surface area (Å²) in [5.74, 6) is 0.883. The zero-order valence-electron chi connectivity index (χ0n) is 10.0. The van der Waals surface area contributed by atoms with Gasteiger partial charge in [0.05, 0.1) is 0 Å². The van der Waals surface area contributed by atoms with E-state index in [1.54, 1.807) is 0 Å². The molecule has 0 aromatic heterocycles. The zero-order valence-corrected chi connectivity index (χ0v) is 10.0. The van der Waals surface area contributed by atoms with Gasteiger partial charge in [-0.1, -0.05) is 48.0 Å². The SMILES string of the molecule is Cc1ccccc1.NCC12C=CC(CC1)C2. The maximum Gasteiger partial charge on any atom is 0.00144 e. The quantitative estimate of drug-likeness (QED) is 0.715. The van der Waals surface area contributed by atoms with Crippen LogP contribution in [-0.2, 0) is 0 Å². The molecule has 2 aliphatic rings. The summed E-state index contributed by atoms with van der Waals surface area (Å²) in [6.45, 7) is 2.94. The zero-order chi connectivity index (χ0) is 11.4. The van der Waals surface area contributed by atoms with Crippen molar-refractivity contribution in [1.82, 2.24) is 0 Å². The Hall–Kier alpha value is -1.08. The molecule has 0 aliphatic heterocycles. The molecule has 0 heterocycles. The van der Waals surface area contributed by atoms with Crippen molar-refractivity contribution in [1.29, 1.82) is 0 Å². The number of fused-ring (bicyclic) bond motifs is 2. The lowest BCUT2D eigenvalue weighted by Gasteiger charge is -2.19. The maximum absolute atomic E-state index is 5.65. The molecule has 2 aliphatic carbocycles. The smallest absolute Gasteiger partial charge is 0.00144 e. The van der Waals surface area contributed by atoms with E-state index in [9.17, 15) is 0 Å². The summed E-state index contributed by atoms with van der Waals surface area (Å²) in [5, 5.41) is 0. The Bertz CT molecular complexity index is 355. The van der Waals surface area contributed by atoms with E-state index in [-0.39, 0.29) is 0 Å². The first kappa shape index (κ1) is 11.4. The molecule has 1 fully saturated rings. The van der Waals surface area contributed by atoms with Crippen LogP contribution in [0.3, 0.4) is 0 Å². The third-order valence-electron chi connectivity index (χ3n) is 3.75. The molecule has 1 aromatic rings. The molecule has 1 heteroatoms. The van der Waals surface area contributed by atoms with Gasteiger partial charge in [0.25, 0.3) is 0 Å². The second kappa shape index (κ2) is 4.84. The lowest BCUT2D eigenvalue weighted by Crippen LogP contribution is -2.23. The Labute approximate surface area is 98.4 Å². The molecular weight excluding hydrogens is 194 g/mol. The fraction of sp³-hybridized carbons (Fsp3) is 0.467. The molecule has 16 heavy (non-hydrogen) atoms. The Morgan fingerprint density at radius 2 is 2.06 bits per heavy atom. The maximum atomic E-state index is 5.65. The minimum Gasteiger partial charge on any atom is -0.330 e. The van der Waals surface area contributed by atoms with Crippen molar-refractivity contribution in [2.75, 3.05) is 6.54 Å². The number of allylic oxidation sites excluding steroid dienone is 1. The van der Waals surface area contributed by atoms with Crippen molar-refractivity contribution in [3.63, 3.8) is 0 Å². The number of aryl methyl sites for hydroxylation is 1. The summed E-state index contributed by atoms with van der Waals surface area (Å²) in [5.41, 5.74) is 7.43. The summed E-state index contributed by atoms with van der Waals surface area (Å²) in [6, 6.07) is 10.3. The van der Waals surface area contributed by atoms with Crippen molar-refractivity contribution in [3.05, 3.63) is 48.0 Å². The first-order chi connectivity index (χ1) is 7.74. The van der Waals surface area contributed by atoms with E-state index in [4.69, 9.17) is 5.73 Å². The molecule has 0 saturated heterocycles. The van der Waals surface area contributed by atoms with E-state index in [0.717, 1.165) is 12.5 Å². The van der Waals surface area contributed by atoms with Gasteiger partial charge in [-0.25, -0.2) is 0 Å². The molecule has 2 unspecified atom stereocenters. The van der Waals surface area contributed by atoms with Crippen LogP contribution >= 0.6 is 0 Å². The Morgan fingerprint density at radius 1 is 1.31 bits per heavy atom. The molecular formula is C15H21N. The standard InChI is InChI=1S/C8H13N.C7H8/c9-6-8-3-1-7(5-8)2-4-8;1-7-5-3-2-4-6-7/h1,3,7H,2,4-6,9H2;2-6H,1H3. The predicted molar refractivity (Wildman–Crippen MR) is 69.1 cm³/mol. The van der Waals surface area contributed by atoms with Crippen molar-refractivity contribution in [2.24, 2.45) is 17.1 Å². The molecule has 2 atom stereocenters. The molecule has 0 amide bonds. The Balaban J connectivity index is 0.000000125. The van der Waals surface area contributed by atoms with Gasteiger partial charge < -0.3 is 5.73 Å². The highest BCUT2D eigenvalue weighted by molar-refractivity contribution is 5.16. The topological polar surface area (TPSA) is 26.0 Å². The summed E-state index contributed by atoms with van der Waals surface area (Å²) in [4.78, 5) is 0. The van der Waals surface area contributed by atoms with E-state index in [2.05, 4.69) is 31.2 Å². The molecule has 0 spiro atoms. The van der Waals surface area contributed by atoms with Gasteiger partial charge in [-0.3, -0.25) is 0 Å². The first-order valence-electron chi connectivity index (χ1n) is 6.15. The van der Waals surface area contributed by atoms with Gasteiger partial charge in [0.15, 0.2) is 0 Å². The minimum atomic E-state index is 0.449. The summed E-state index contributed by atoms with van der Waals surface area (Å²) >= 11 is 0. The van der Waals surface area contributed by atoms with Gasteiger partial charge in [-0.2, -0.15) is 0 Å². The number of benzene rings is 1. The van der Waals surface area contributed by atoms with Crippen molar-refractivity contribution < 1.29 is 0 Å². The Morgan fingerprint density at radius 3 is 2.31 bits per heavy atom. The highest BCUT2D eigenvalue weighted by atomic mass is 14.6. The van der Waals surface area contributed by atoms with Gasteiger partial charge in [-0.05, 0) is 32.1 Å². The lowest BCUT2D eigenvalue weighted by atomic mass is 9.88. The van der Waals surface area contributed by atoms with Gasteiger partial charge in [0.2, 0.25) is 0 Å². The second-order valence-electron chi connectivity index (χ2n) is 5.08. The minimum absolute atomic E-state index is 0.449. The van der Waals surface area contributed by atoms with E-state index in [0.29, 0.717) is 5.41 Å². The van der Waals surface area contributed by atoms with Crippen molar-refractivity contribution in [2.45, 2.75) is 26.2 Å². The van der Waals surface area contributed by atoms with Crippen LogP contribution in [0.5, 0.6) is 0 Å². The molecule has 1 saturated carbocycles. The van der Waals surface area contributed by atoms with Crippen LogP contribution in [-0.4, -0.2) is 6.54 Å². The van der Waals surface area contributed by atoms with Crippen LogP contribution in [0, 0.1) is 18.3 Å².